The molecule has 0 spiro atoms. The Hall–Kier alpha value is -1.60. The van der Waals surface area contributed by atoms with E-state index in [1.54, 1.807) is 18.4 Å². The normalized spacial score (nSPS) is 11.5. The van der Waals surface area contributed by atoms with E-state index in [0.29, 0.717) is 5.25 Å². The third kappa shape index (κ3) is 3.41. The minimum Gasteiger partial charge on any atom is -0.497 e. The molecule has 0 aliphatic carbocycles. The SMILES string of the molecule is COc1ccc(Cc2nn3c(CSC(C)C)nnc3s2)cc1. The van der Waals surface area contributed by atoms with Gasteiger partial charge in [0.15, 0.2) is 5.82 Å². The third-order valence-corrected chi connectivity index (χ3v) is 5.15. The number of fused-ring (bicyclic) bond motifs is 1. The molecular formula is C15H18N4OS2. The zero-order valence-corrected chi connectivity index (χ0v) is 14.4. The van der Waals surface area contributed by atoms with Gasteiger partial charge in [-0.15, -0.1) is 10.2 Å². The van der Waals surface area contributed by atoms with E-state index >= 15 is 0 Å². The molecule has 0 amide bonds. The van der Waals surface area contributed by atoms with Gasteiger partial charge in [0.25, 0.3) is 0 Å². The summed E-state index contributed by atoms with van der Waals surface area (Å²) in [5.41, 5.74) is 1.21. The fraction of sp³-hybridized carbons (Fsp3) is 0.400. The van der Waals surface area contributed by atoms with Crippen LogP contribution in [0.25, 0.3) is 4.96 Å². The Morgan fingerprint density at radius 2 is 2.00 bits per heavy atom. The maximum atomic E-state index is 5.18. The highest BCUT2D eigenvalue weighted by molar-refractivity contribution is 7.99. The Morgan fingerprint density at radius 3 is 2.68 bits per heavy atom. The van der Waals surface area contributed by atoms with Crippen LogP contribution >= 0.6 is 23.1 Å². The molecule has 0 N–H and O–H groups in total. The summed E-state index contributed by atoms with van der Waals surface area (Å²) >= 11 is 3.44. The minimum atomic E-state index is 0.574. The number of benzene rings is 1. The number of nitrogens with zero attached hydrogens (tertiary/aromatic N) is 4. The molecule has 22 heavy (non-hydrogen) atoms. The molecule has 2 aromatic heterocycles. The molecule has 0 fully saturated rings. The molecule has 2 heterocycles. The summed E-state index contributed by atoms with van der Waals surface area (Å²) in [6.45, 7) is 4.36. The van der Waals surface area contributed by atoms with Gasteiger partial charge in [0, 0.05) is 6.42 Å². The summed E-state index contributed by atoms with van der Waals surface area (Å²) in [6, 6.07) is 8.08. The lowest BCUT2D eigenvalue weighted by Crippen LogP contribution is -1.98. The summed E-state index contributed by atoms with van der Waals surface area (Å²) in [6.07, 6.45) is 0.800. The smallest absolute Gasteiger partial charge is 0.234 e. The van der Waals surface area contributed by atoms with Crippen LogP contribution in [0.2, 0.25) is 0 Å². The summed E-state index contributed by atoms with van der Waals surface area (Å²) < 4.78 is 7.05. The number of methoxy groups -OCH3 is 1. The van der Waals surface area contributed by atoms with Crippen molar-refractivity contribution in [3.8, 4) is 5.75 Å². The molecule has 5 nitrogen and oxygen atoms in total. The van der Waals surface area contributed by atoms with Crippen molar-refractivity contribution in [1.29, 1.82) is 0 Å². The molecule has 0 saturated heterocycles. The van der Waals surface area contributed by atoms with Crippen LogP contribution in [0.5, 0.6) is 5.75 Å². The van der Waals surface area contributed by atoms with Gasteiger partial charge in [-0.1, -0.05) is 37.3 Å². The van der Waals surface area contributed by atoms with E-state index in [2.05, 4.69) is 41.3 Å². The molecule has 0 saturated carbocycles. The standard InChI is InChI=1S/C15H18N4OS2/c1-10(2)21-9-13-16-17-15-19(13)18-14(22-15)8-11-4-6-12(20-3)7-5-11/h4-7,10H,8-9H2,1-3H3. The summed E-state index contributed by atoms with van der Waals surface area (Å²) in [4.78, 5) is 0.864. The molecule has 0 aliphatic rings. The van der Waals surface area contributed by atoms with Gasteiger partial charge in [0.2, 0.25) is 4.96 Å². The topological polar surface area (TPSA) is 52.3 Å². The average Bonchev–Trinajstić information content (AvgIpc) is 3.06. The van der Waals surface area contributed by atoms with Crippen LogP contribution in [0.15, 0.2) is 24.3 Å². The van der Waals surface area contributed by atoms with Gasteiger partial charge in [-0.2, -0.15) is 21.4 Å². The molecule has 0 bridgehead atoms. The van der Waals surface area contributed by atoms with Crippen molar-refractivity contribution in [1.82, 2.24) is 19.8 Å². The van der Waals surface area contributed by atoms with Gasteiger partial charge < -0.3 is 4.74 Å². The first-order chi connectivity index (χ1) is 10.7. The van der Waals surface area contributed by atoms with Crippen molar-refractivity contribution < 1.29 is 4.74 Å². The second kappa shape index (κ2) is 6.66. The zero-order chi connectivity index (χ0) is 15.5. The van der Waals surface area contributed by atoms with Gasteiger partial charge >= 0.3 is 0 Å². The molecule has 3 aromatic rings. The first-order valence-corrected chi connectivity index (χ1v) is 8.97. The molecule has 0 atom stereocenters. The molecule has 116 valence electrons. The van der Waals surface area contributed by atoms with Crippen molar-refractivity contribution >= 4 is 28.1 Å². The van der Waals surface area contributed by atoms with E-state index in [9.17, 15) is 0 Å². The van der Waals surface area contributed by atoms with Crippen LogP contribution < -0.4 is 4.74 Å². The number of ether oxygens (including phenoxy) is 1. The van der Waals surface area contributed by atoms with E-state index in [1.807, 2.05) is 28.4 Å². The van der Waals surface area contributed by atoms with E-state index < -0.39 is 0 Å². The Bertz CT molecular complexity index is 749. The lowest BCUT2D eigenvalue weighted by Gasteiger charge is -2.02. The highest BCUT2D eigenvalue weighted by Gasteiger charge is 2.12. The fourth-order valence-corrected chi connectivity index (χ4v) is 3.57. The molecule has 7 heteroatoms. The van der Waals surface area contributed by atoms with Crippen molar-refractivity contribution in [2.45, 2.75) is 31.3 Å². The van der Waals surface area contributed by atoms with Crippen molar-refractivity contribution in [3.05, 3.63) is 40.7 Å². The number of thioether (sulfide) groups is 1. The van der Waals surface area contributed by atoms with E-state index in [0.717, 1.165) is 33.7 Å². The Balaban J connectivity index is 1.76. The summed E-state index contributed by atoms with van der Waals surface area (Å²) in [7, 11) is 1.68. The first kappa shape index (κ1) is 15.3. The third-order valence-electron chi connectivity index (χ3n) is 3.16. The van der Waals surface area contributed by atoms with Crippen molar-refractivity contribution in [2.75, 3.05) is 7.11 Å². The Labute approximate surface area is 137 Å². The Morgan fingerprint density at radius 1 is 1.23 bits per heavy atom. The van der Waals surface area contributed by atoms with Crippen LogP contribution in [-0.2, 0) is 12.2 Å². The number of aromatic nitrogens is 4. The number of rotatable bonds is 6. The number of hydrogen-bond donors (Lipinski definition) is 0. The Kier molecular flexibility index (Phi) is 4.63. The average molecular weight is 334 g/mol. The molecule has 0 aliphatic heterocycles. The highest BCUT2D eigenvalue weighted by Crippen LogP contribution is 2.21. The second-order valence-corrected chi connectivity index (χ2v) is 7.80. The van der Waals surface area contributed by atoms with E-state index in [1.165, 1.54) is 5.56 Å². The molecule has 0 unspecified atom stereocenters. The van der Waals surface area contributed by atoms with Crippen LogP contribution in [0.4, 0.5) is 0 Å². The maximum Gasteiger partial charge on any atom is 0.234 e. The van der Waals surface area contributed by atoms with Crippen LogP contribution in [0.3, 0.4) is 0 Å². The largest absolute Gasteiger partial charge is 0.497 e. The van der Waals surface area contributed by atoms with Gasteiger partial charge in [-0.3, -0.25) is 0 Å². The molecule has 1 aromatic carbocycles. The summed E-state index contributed by atoms with van der Waals surface area (Å²) in [5, 5.41) is 14.7. The van der Waals surface area contributed by atoms with Gasteiger partial charge in [0.1, 0.15) is 10.8 Å². The van der Waals surface area contributed by atoms with Crippen LogP contribution in [0.1, 0.15) is 30.2 Å². The minimum absolute atomic E-state index is 0.574. The van der Waals surface area contributed by atoms with Crippen molar-refractivity contribution in [3.63, 3.8) is 0 Å². The quantitative estimate of drug-likeness (QED) is 0.691. The first-order valence-electron chi connectivity index (χ1n) is 7.10. The summed E-state index contributed by atoms with van der Waals surface area (Å²) in [5.74, 6) is 2.63. The zero-order valence-electron chi connectivity index (χ0n) is 12.8. The number of hydrogen-bond acceptors (Lipinski definition) is 6. The fourth-order valence-electron chi connectivity index (χ4n) is 2.02. The van der Waals surface area contributed by atoms with Crippen LogP contribution in [-0.4, -0.2) is 32.2 Å². The van der Waals surface area contributed by atoms with E-state index in [-0.39, 0.29) is 0 Å². The van der Waals surface area contributed by atoms with Crippen molar-refractivity contribution in [2.24, 2.45) is 0 Å². The maximum absolute atomic E-state index is 5.18. The molecule has 3 rings (SSSR count). The van der Waals surface area contributed by atoms with Gasteiger partial charge in [-0.05, 0) is 22.9 Å². The van der Waals surface area contributed by atoms with Gasteiger partial charge in [-0.25, -0.2) is 0 Å². The highest BCUT2D eigenvalue weighted by atomic mass is 32.2. The van der Waals surface area contributed by atoms with Crippen LogP contribution in [0, 0.1) is 0 Å². The monoisotopic (exact) mass is 334 g/mol. The van der Waals surface area contributed by atoms with E-state index in [4.69, 9.17) is 4.74 Å². The lowest BCUT2D eigenvalue weighted by molar-refractivity contribution is 0.414. The predicted octanol–water partition coefficient (Wildman–Crippen LogP) is 3.43. The molecular weight excluding hydrogens is 316 g/mol. The second-order valence-electron chi connectivity index (χ2n) is 5.19. The predicted molar refractivity (Wildman–Crippen MR) is 90.9 cm³/mol. The lowest BCUT2D eigenvalue weighted by atomic mass is 10.1. The molecule has 0 radical (unpaired) electrons. The van der Waals surface area contributed by atoms with Gasteiger partial charge in [0.05, 0.1) is 12.9 Å².